The van der Waals surface area contributed by atoms with Gasteiger partial charge in [-0.25, -0.2) is 4.98 Å². The van der Waals surface area contributed by atoms with Crippen molar-refractivity contribution in [1.82, 2.24) is 19.9 Å². The first-order valence-electron chi connectivity index (χ1n) is 8.65. The number of aromatic amines is 1. The molecule has 0 unspecified atom stereocenters. The zero-order valence-electron chi connectivity index (χ0n) is 13.9. The van der Waals surface area contributed by atoms with Gasteiger partial charge in [-0.05, 0) is 42.4 Å². The van der Waals surface area contributed by atoms with Crippen molar-refractivity contribution in [2.75, 3.05) is 5.73 Å². The van der Waals surface area contributed by atoms with Crippen LogP contribution in [0.25, 0.3) is 17.2 Å². The molecule has 3 aromatic rings. The number of nitrogen functional groups attached to an aromatic ring is 1. The van der Waals surface area contributed by atoms with Crippen LogP contribution in [0.2, 0.25) is 0 Å². The van der Waals surface area contributed by atoms with Gasteiger partial charge in [0.25, 0.3) is 0 Å². The van der Waals surface area contributed by atoms with Crippen LogP contribution >= 0.6 is 0 Å². The highest BCUT2D eigenvalue weighted by Gasteiger charge is 2.12. The number of anilines is 1. The topological polar surface area (TPSA) is 80.5 Å². The summed E-state index contributed by atoms with van der Waals surface area (Å²) in [6.45, 7) is 0. The van der Waals surface area contributed by atoms with Crippen LogP contribution in [0.5, 0.6) is 0 Å². The predicted octanol–water partition coefficient (Wildman–Crippen LogP) is 3.79. The van der Waals surface area contributed by atoms with Gasteiger partial charge >= 0.3 is 6.08 Å². The maximum atomic E-state index is 13.3. The first-order chi connectivity index (χ1) is 12.2. The van der Waals surface area contributed by atoms with Crippen LogP contribution in [0.1, 0.15) is 48.2 Å². The van der Waals surface area contributed by atoms with Crippen molar-refractivity contribution in [1.29, 1.82) is 0 Å². The lowest BCUT2D eigenvalue weighted by molar-refractivity contribution is 0.545. The summed E-state index contributed by atoms with van der Waals surface area (Å²) < 4.78 is 13.3. The highest BCUT2D eigenvalue weighted by Crippen LogP contribution is 2.22. The van der Waals surface area contributed by atoms with E-state index in [1.165, 1.54) is 30.4 Å². The number of nitrogens with zero attached hydrogens (tertiary/aromatic N) is 3. The summed E-state index contributed by atoms with van der Waals surface area (Å²) in [6.07, 6.45) is 10.3. The van der Waals surface area contributed by atoms with Gasteiger partial charge in [0.1, 0.15) is 11.3 Å². The quantitative estimate of drug-likeness (QED) is 0.697. The first-order valence-corrected chi connectivity index (χ1v) is 8.65. The van der Waals surface area contributed by atoms with Gasteiger partial charge in [-0.2, -0.15) is 14.4 Å². The number of hydrogen-bond acceptors (Lipinski definition) is 4. The number of nitrogens with two attached hydrogens (primary N) is 1. The number of H-pyrrole nitrogens is 1. The lowest BCUT2D eigenvalue weighted by atomic mass is 9.98. The maximum Gasteiger partial charge on any atom is 0.312 e. The molecule has 6 heteroatoms. The van der Waals surface area contributed by atoms with Crippen molar-refractivity contribution in [3.05, 3.63) is 52.9 Å². The van der Waals surface area contributed by atoms with Gasteiger partial charge in [0.05, 0.1) is 0 Å². The highest BCUT2D eigenvalue weighted by atomic mass is 19.1. The van der Waals surface area contributed by atoms with E-state index in [9.17, 15) is 4.39 Å². The largest absolute Gasteiger partial charge is 0.382 e. The highest BCUT2D eigenvalue weighted by molar-refractivity contribution is 5.81. The van der Waals surface area contributed by atoms with E-state index in [0.717, 1.165) is 18.4 Å². The Hall–Kier alpha value is -2.76. The number of allylic oxidation sites excluding steroid dienone is 1. The summed E-state index contributed by atoms with van der Waals surface area (Å²) >= 11 is 0. The Bertz CT molecular complexity index is 944. The molecule has 0 bridgehead atoms. The lowest BCUT2D eigenvalue weighted by Crippen LogP contribution is -1.97. The summed E-state index contributed by atoms with van der Waals surface area (Å²) in [5, 5.41) is 0. The van der Waals surface area contributed by atoms with E-state index in [1.807, 2.05) is 0 Å². The van der Waals surface area contributed by atoms with Gasteiger partial charge in [-0.3, -0.25) is 0 Å². The van der Waals surface area contributed by atoms with Crippen molar-refractivity contribution < 1.29 is 4.39 Å². The fraction of sp³-hybridized carbons (Fsp3) is 0.316. The van der Waals surface area contributed by atoms with E-state index in [4.69, 9.17) is 5.73 Å². The molecule has 0 amide bonds. The van der Waals surface area contributed by atoms with Crippen LogP contribution in [-0.4, -0.2) is 19.9 Å². The van der Waals surface area contributed by atoms with Crippen LogP contribution in [0, 0.1) is 6.08 Å². The molecule has 5 nitrogen and oxygen atoms in total. The fourth-order valence-electron chi connectivity index (χ4n) is 3.32. The first kappa shape index (κ1) is 15.7. The molecule has 1 aliphatic carbocycles. The normalized spacial score (nSPS) is 16.0. The van der Waals surface area contributed by atoms with Gasteiger partial charge in [0.2, 0.25) is 0 Å². The van der Waals surface area contributed by atoms with E-state index >= 15 is 0 Å². The summed E-state index contributed by atoms with van der Waals surface area (Å²) in [5.41, 5.74) is 10.3. The molecular weight excluding hydrogens is 317 g/mol. The molecule has 25 heavy (non-hydrogen) atoms. The Kier molecular flexibility index (Phi) is 4.17. The average Bonchev–Trinajstić information content (AvgIpc) is 3.01. The van der Waals surface area contributed by atoms with Crippen LogP contribution in [-0.2, 0) is 12.8 Å². The molecule has 3 N–H and O–H groups in total. The number of aromatic nitrogens is 4. The standard InChI is InChI=1S/C19H20FN5/c20-19-24-17(21)16-18(25-19)23-15(22-16)11-12-8-9-13-6-4-2-1-3-5-7-14(13)10-12/h5,7-10H,1-4,6,11H2,(H3,21,22,23,24,25)/b7-5-. The van der Waals surface area contributed by atoms with Crippen LogP contribution in [0.15, 0.2) is 24.3 Å². The second kappa shape index (κ2) is 6.63. The third kappa shape index (κ3) is 3.38. The van der Waals surface area contributed by atoms with E-state index in [1.54, 1.807) is 0 Å². The maximum absolute atomic E-state index is 13.3. The zero-order valence-corrected chi connectivity index (χ0v) is 13.9. The number of benzene rings is 1. The van der Waals surface area contributed by atoms with Crippen LogP contribution in [0.4, 0.5) is 10.2 Å². The molecular formula is C19H20FN5. The molecule has 0 spiro atoms. The predicted molar refractivity (Wildman–Crippen MR) is 96.5 cm³/mol. The molecule has 0 saturated carbocycles. The zero-order chi connectivity index (χ0) is 17.2. The Morgan fingerprint density at radius 3 is 2.96 bits per heavy atom. The molecule has 0 fully saturated rings. The Morgan fingerprint density at radius 1 is 1.12 bits per heavy atom. The van der Waals surface area contributed by atoms with E-state index < -0.39 is 6.08 Å². The third-order valence-corrected chi connectivity index (χ3v) is 4.60. The minimum atomic E-state index is -0.856. The summed E-state index contributed by atoms with van der Waals surface area (Å²) in [5.74, 6) is 0.784. The van der Waals surface area contributed by atoms with Crippen molar-refractivity contribution >= 4 is 23.1 Å². The summed E-state index contributed by atoms with van der Waals surface area (Å²) in [4.78, 5) is 14.7. The molecule has 2 aromatic heterocycles. The molecule has 4 rings (SSSR count). The molecule has 0 atom stereocenters. The summed E-state index contributed by atoms with van der Waals surface area (Å²) in [6, 6.07) is 6.55. The SMILES string of the molecule is Nc1nc(F)nc2nc(Cc3ccc4c(c3)/C=C\CCCCC4)[nH]c12. The Morgan fingerprint density at radius 2 is 2.04 bits per heavy atom. The third-order valence-electron chi connectivity index (χ3n) is 4.60. The van der Waals surface area contributed by atoms with E-state index in [0.29, 0.717) is 17.8 Å². The second-order valence-electron chi connectivity index (χ2n) is 6.47. The van der Waals surface area contributed by atoms with Crippen LogP contribution < -0.4 is 5.73 Å². The molecule has 1 aliphatic rings. The number of aryl methyl sites for hydroxylation is 1. The number of rotatable bonds is 2. The molecule has 0 radical (unpaired) electrons. The van der Waals surface area contributed by atoms with Gasteiger partial charge in [0.15, 0.2) is 11.5 Å². The van der Waals surface area contributed by atoms with E-state index in [2.05, 4.69) is 50.3 Å². The number of nitrogens with one attached hydrogen (secondary N) is 1. The average molecular weight is 337 g/mol. The monoisotopic (exact) mass is 337 g/mol. The number of halogens is 1. The van der Waals surface area contributed by atoms with Gasteiger partial charge in [0, 0.05) is 6.42 Å². The van der Waals surface area contributed by atoms with Gasteiger partial charge in [-0.15, -0.1) is 0 Å². The van der Waals surface area contributed by atoms with Gasteiger partial charge in [-0.1, -0.05) is 36.8 Å². The molecule has 1 aromatic carbocycles. The summed E-state index contributed by atoms with van der Waals surface area (Å²) in [7, 11) is 0. The molecule has 128 valence electrons. The fourth-order valence-corrected chi connectivity index (χ4v) is 3.32. The smallest absolute Gasteiger partial charge is 0.312 e. The number of fused-ring (bicyclic) bond motifs is 2. The minimum absolute atomic E-state index is 0.0820. The number of hydrogen-bond donors (Lipinski definition) is 2. The van der Waals surface area contributed by atoms with Crippen molar-refractivity contribution in [3.8, 4) is 0 Å². The van der Waals surface area contributed by atoms with Crippen molar-refractivity contribution in [3.63, 3.8) is 0 Å². The molecule has 2 heterocycles. The Balaban J connectivity index is 1.64. The minimum Gasteiger partial charge on any atom is -0.382 e. The molecule has 0 aliphatic heterocycles. The van der Waals surface area contributed by atoms with Crippen molar-refractivity contribution in [2.45, 2.75) is 38.5 Å². The van der Waals surface area contributed by atoms with E-state index in [-0.39, 0.29) is 11.5 Å². The Labute approximate surface area is 145 Å². The van der Waals surface area contributed by atoms with Crippen LogP contribution in [0.3, 0.4) is 0 Å². The van der Waals surface area contributed by atoms with Gasteiger partial charge < -0.3 is 10.7 Å². The molecule has 0 saturated heterocycles. The second-order valence-corrected chi connectivity index (χ2v) is 6.47. The van der Waals surface area contributed by atoms with Crippen molar-refractivity contribution in [2.24, 2.45) is 0 Å². The number of imidazole rings is 1. The lowest BCUT2D eigenvalue weighted by Gasteiger charge is -2.08.